The molecule has 0 saturated carbocycles. The third-order valence-electron chi connectivity index (χ3n) is 3.03. The zero-order valence-electron chi connectivity index (χ0n) is 15.2. The second kappa shape index (κ2) is 10.0. The predicted molar refractivity (Wildman–Crippen MR) is 96.0 cm³/mol. The van der Waals surface area contributed by atoms with Crippen molar-refractivity contribution in [3.8, 4) is 6.07 Å². The maximum Gasteiger partial charge on any atom is 0.407 e. The lowest BCUT2D eigenvalue weighted by Crippen LogP contribution is -2.34. The van der Waals surface area contributed by atoms with Gasteiger partial charge in [0.1, 0.15) is 12.0 Å². The first kappa shape index (κ1) is 21.0. The van der Waals surface area contributed by atoms with Crippen molar-refractivity contribution >= 4 is 23.6 Å². The van der Waals surface area contributed by atoms with E-state index in [9.17, 15) is 14.4 Å². The molecule has 0 aliphatic carbocycles. The number of para-hydroxylation sites is 1. The lowest BCUT2D eigenvalue weighted by molar-refractivity contribution is -0.120. The van der Waals surface area contributed by atoms with Crippen LogP contribution in [-0.4, -0.2) is 30.1 Å². The molecule has 0 radical (unpaired) electrons. The molecule has 0 spiro atoms. The molecule has 0 aliphatic heterocycles. The largest absolute Gasteiger partial charge is 0.444 e. The number of nitrogens with zero attached hydrogens (tertiary/aromatic N) is 1. The Morgan fingerprint density at radius 1 is 1.12 bits per heavy atom. The van der Waals surface area contributed by atoms with E-state index in [-0.39, 0.29) is 37.7 Å². The van der Waals surface area contributed by atoms with Crippen LogP contribution in [-0.2, 0) is 20.9 Å². The van der Waals surface area contributed by atoms with Crippen LogP contribution in [0.25, 0.3) is 0 Å². The summed E-state index contributed by atoms with van der Waals surface area (Å²) in [6, 6.07) is 8.79. The highest BCUT2D eigenvalue weighted by atomic mass is 16.6. The molecule has 0 aromatic heterocycles. The molecule has 26 heavy (non-hydrogen) atoms. The van der Waals surface area contributed by atoms with E-state index in [1.54, 1.807) is 51.1 Å². The molecule has 8 heteroatoms. The van der Waals surface area contributed by atoms with Gasteiger partial charge < -0.3 is 20.7 Å². The van der Waals surface area contributed by atoms with Gasteiger partial charge in [-0.3, -0.25) is 9.59 Å². The van der Waals surface area contributed by atoms with E-state index >= 15 is 0 Å². The minimum absolute atomic E-state index is 0.0777. The van der Waals surface area contributed by atoms with Gasteiger partial charge >= 0.3 is 6.09 Å². The van der Waals surface area contributed by atoms with Gasteiger partial charge in [-0.15, -0.1) is 0 Å². The summed E-state index contributed by atoms with van der Waals surface area (Å²) in [6.45, 7) is 5.61. The highest BCUT2D eigenvalue weighted by Gasteiger charge is 2.16. The van der Waals surface area contributed by atoms with E-state index in [1.807, 2.05) is 0 Å². The van der Waals surface area contributed by atoms with Gasteiger partial charge in [-0.1, -0.05) is 18.2 Å². The number of alkyl carbamates (subject to hydrolysis) is 1. The maximum atomic E-state index is 12.0. The Morgan fingerprint density at radius 2 is 1.81 bits per heavy atom. The average molecular weight is 360 g/mol. The molecule has 3 amide bonds. The monoisotopic (exact) mass is 360 g/mol. The number of amides is 3. The molecule has 8 nitrogen and oxygen atoms in total. The Hall–Kier alpha value is -3.08. The van der Waals surface area contributed by atoms with E-state index < -0.39 is 11.7 Å². The Balaban J connectivity index is 2.48. The van der Waals surface area contributed by atoms with Gasteiger partial charge in [0.2, 0.25) is 11.8 Å². The number of hydrogen-bond donors (Lipinski definition) is 3. The van der Waals surface area contributed by atoms with Gasteiger partial charge in [0.05, 0.1) is 6.07 Å². The molecule has 0 fully saturated rings. The van der Waals surface area contributed by atoms with Crippen LogP contribution in [0.4, 0.5) is 10.5 Å². The van der Waals surface area contributed by atoms with Crippen LogP contribution in [0.3, 0.4) is 0 Å². The number of carbonyl (C=O) groups is 3. The summed E-state index contributed by atoms with van der Waals surface area (Å²) in [5, 5.41) is 16.3. The summed E-state index contributed by atoms with van der Waals surface area (Å²) in [5.74, 6) is -0.660. The molecule has 0 atom stereocenters. The number of carbonyl (C=O) groups excluding carboxylic acids is 3. The van der Waals surface area contributed by atoms with Crippen molar-refractivity contribution in [1.29, 1.82) is 5.26 Å². The number of hydrogen-bond acceptors (Lipinski definition) is 5. The van der Waals surface area contributed by atoms with Crippen LogP contribution in [0.15, 0.2) is 24.3 Å². The average Bonchev–Trinajstić information content (AvgIpc) is 2.52. The second-order valence-corrected chi connectivity index (χ2v) is 6.50. The van der Waals surface area contributed by atoms with Gasteiger partial charge in [-0.05, 0) is 32.4 Å². The first-order valence-electron chi connectivity index (χ1n) is 8.19. The van der Waals surface area contributed by atoms with Gasteiger partial charge in [-0.25, -0.2) is 4.79 Å². The molecule has 1 rings (SSSR count). The zero-order chi connectivity index (χ0) is 19.6. The van der Waals surface area contributed by atoms with E-state index in [1.165, 1.54) is 0 Å². The van der Waals surface area contributed by atoms with Crippen LogP contribution >= 0.6 is 0 Å². The number of nitrogens with one attached hydrogen (secondary N) is 3. The molecular formula is C18H24N4O4. The van der Waals surface area contributed by atoms with Gasteiger partial charge in [0.15, 0.2) is 0 Å². The van der Waals surface area contributed by atoms with Gasteiger partial charge in [0, 0.05) is 25.2 Å². The quantitative estimate of drug-likeness (QED) is 0.687. The maximum absolute atomic E-state index is 12.0. The molecule has 140 valence electrons. The molecule has 0 unspecified atom stereocenters. The van der Waals surface area contributed by atoms with Crippen LogP contribution in [0.1, 0.15) is 39.2 Å². The third kappa shape index (κ3) is 8.68. The molecule has 1 aromatic rings. The highest BCUT2D eigenvalue weighted by molar-refractivity contribution is 5.92. The highest BCUT2D eigenvalue weighted by Crippen LogP contribution is 2.15. The van der Waals surface area contributed by atoms with E-state index in [2.05, 4.69) is 16.0 Å². The van der Waals surface area contributed by atoms with Crippen molar-refractivity contribution in [2.45, 2.75) is 45.8 Å². The third-order valence-corrected chi connectivity index (χ3v) is 3.03. The van der Waals surface area contributed by atoms with Crippen molar-refractivity contribution in [2.75, 3.05) is 11.9 Å². The summed E-state index contributed by atoms with van der Waals surface area (Å²) >= 11 is 0. The molecule has 0 saturated heterocycles. The fourth-order valence-electron chi connectivity index (χ4n) is 1.93. The SMILES string of the molecule is CC(C)(C)OC(=O)NCCC(=O)Nc1ccccc1CNC(=O)CC#N. The molecule has 0 aliphatic rings. The van der Waals surface area contributed by atoms with Crippen LogP contribution < -0.4 is 16.0 Å². The van der Waals surface area contributed by atoms with E-state index in [4.69, 9.17) is 10.00 Å². The van der Waals surface area contributed by atoms with Crippen molar-refractivity contribution in [3.63, 3.8) is 0 Å². The normalized spacial score (nSPS) is 10.4. The van der Waals surface area contributed by atoms with Crippen molar-refractivity contribution in [1.82, 2.24) is 10.6 Å². The molecule has 3 N–H and O–H groups in total. The second-order valence-electron chi connectivity index (χ2n) is 6.50. The van der Waals surface area contributed by atoms with E-state index in [0.717, 1.165) is 0 Å². The minimum atomic E-state index is -0.596. The summed E-state index contributed by atoms with van der Waals surface area (Å²) in [6.07, 6.45) is -0.718. The van der Waals surface area contributed by atoms with Crippen LogP contribution in [0, 0.1) is 11.3 Å². The van der Waals surface area contributed by atoms with Crippen molar-refractivity contribution < 1.29 is 19.1 Å². The van der Waals surface area contributed by atoms with Crippen molar-refractivity contribution in [2.24, 2.45) is 0 Å². The van der Waals surface area contributed by atoms with Gasteiger partial charge in [-0.2, -0.15) is 5.26 Å². The number of ether oxygens (including phenoxy) is 1. The lowest BCUT2D eigenvalue weighted by Gasteiger charge is -2.19. The molecule has 0 heterocycles. The Labute approximate surface area is 152 Å². The summed E-state index contributed by atoms with van der Waals surface area (Å²) in [4.78, 5) is 34.9. The van der Waals surface area contributed by atoms with Gasteiger partial charge in [0.25, 0.3) is 0 Å². The Bertz CT molecular complexity index is 689. The molecule has 1 aromatic carbocycles. The standard InChI is InChI=1S/C18H24N4O4/c1-18(2,3)26-17(25)20-11-9-16(24)22-14-7-5-4-6-13(14)12-21-15(23)8-10-19/h4-7H,8-9,11-12H2,1-3H3,(H,20,25)(H,21,23)(H,22,24). The fraction of sp³-hybridized carbons (Fsp3) is 0.444. The van der Waals surface area contributed by atoms with Crippen LogP contribution in [0.2, 0.25) is 0 Å². The van der Waals surface area contributed by atoms with Crippen molar-refractivity contribution in [3.05, 3.63) is 29.8 Å². The molecular weight excluding hydrogens is 336 g/mol. The summed E-state index contributed by atoms with van der Waals surface area (Å²) in [5.41, 5.74) is 0.681. The number of nitriles is 1. The first-order chi connectivity index (χ1) is 12.2. The van der Waals surface area contributed by atoms with E-state index in [0.29, 0.717) is 11.3 Å². The summed E-state index contributed by atoms with van der Waals surface area (Å²) in [7, 11) is 0. The Morgan fingerprint density at radius 3 is 2.46 bits per heavy atom. The molecule has 0 bridgehead atoms. The van der Waals surface area contributed by atoms with Crippen LogP contribution in [0.5, 0.6) is 0 Å². The predicted octanol–water partition coefficient (Wildman–Crippen LogP) is 2.07. The number of rotatable bonds is 7. The minimum Gasteiger partial charge on any atom is -0.444 e. The zero-order valence-corrected chi connectivity index (χ0v) is 15.2. The number of benzene rings is 1. The summed E-state index contributed by atoms with van der Waals surface area (Å²) < 4.78 is 5.09. The Kier molecular flexibility index (Phi) is 8.09. The fourth-order valence-corrected chi connectivity index (χ4v) is 1.93. The smallest absolute Gasteiger partial charge is 0.407 e. The number of anilines is 1. The lowest BCUT2D eigenvalue weighted by atomic mass is 10.1. The first-order valence-corrected chi connectivity index (χ1v) is 8.19. The topological polar surface area (TPSA) is 120 Å².